The topological polar surface area (TPSA) is 144 Å². The first kappa shape index (κ1) is 52.0. The second kappa shape index (κ2) is 24.6. The van der Waals surface area contributed by atoms with Crippen LogP contribution in [0.15, 0.2) is 85.5 Å². The Bertz CT molecular complexity index is 2050. The van der Waals surface area contributed by atoms with Gasteiger partial charge in [-0.2, -0.15) is 0 Å². The van der Waals surface area contributed by atoms with E-state index in [1.807, 2.05) is 72.1 Å². The average Bonchev–Trinajstić information content (AvgIpc) is 3.18. The molecule has 0 aliphatic carbocycles. The van der Waals surface area contributed by atoms with Crippen LogP contribution in [0.2, 0.25) is 14.8 Å². The summed E-state index contributed by atoms with van der Waals surface area (Å²) in [7, 11) is 0. The molecule has 4 heterocycles. The van der Waals surface area contributed by atoms with Crippen LogP contribution in [0.1, 0.15) is 78.4 Å². The predicted molar refractivity (Wildman–Crippen MR) is 261 cm³/mol. The number of hydrogen-bond acceptors (Lipinski definition) is 10. The van der Waals surface area contributed by atoms with Crippen molar-refractivity contribution in [3.05, 3.63) is 100 Å². The van der Waals surface area contributed by atoms with E-state index in [9.17, 15) is 9.59 Å². The Balaban J connectivity index is 0.000000227. The summed E-state index contributed by atoms with van der Waals surface area (Å²) in [6.45, 7) is 14.1. The minimum absolute atomic E-state index is 0.0234. The van der Waals surface area contributed by atoms with E-state index >= 15 is 0 Å². The third-order valence-corrected chi connectivity index (χ3v) is 16.5. The molecule has 2 amide bonds. The van der Waals surface area contributed by atoms with Crippen LogP contribution in [-0.4, -0.2) is 123 Å². The first-order valence-electron chi connectivity index (χ1n) is 22.0. The molecular formula is C49H69IN4O8Sn. The van der Waals surface area contributed by atoms with Gasteiger partial charge in [-0.15, -0.1) is 0 Å². The van der Waals surface area contributed by atoms with Gasteiger partial charge in [-0.3, -0.25) is 4.98 Å². The minimum atomic E-state index is -2.13. The molecule has 2 aliphatic rings. The third-order valence-electron chi connectivity index (χ3n) is 10.1. The van der Waals surface area contributed by atoms with Crippen LogP contribution in [0.3, 0.4) is 0 Å². The number of halogens is 1. The molecule has 2 atom stereocenters. The van der Waals surface area contributed by atoms with Crippen molar-refractivity contribution in [1.29, 1.82) is 0 Å². The molecule has 63 heavy (non-hydrogen) atoms. The standard InChI is InChI=1S/C23H30N2O4.C14H19N2O3.C9H11IO.3CH3.Sn/c1-23(2,3)29-22(27)25-10-9-20(25)16-28-21-13-19(14-24-15-21)18-8-4-6-17(12-18)7-5-11-26;1-14(2,3)19-13(17)16-8-6-11(16)10-18-12-5-4-7-15-9-12;10-9-5-1-3-8(7-9)4-2-6-11;;;;/h4,6,8,12-15,20,26H,5,7,9-11,16H2,1-3H3;5,7,9,11H,6,8,10H2,1-3H3;1,3,5,7,11H,2,4,6H2;3*1H3;/t20-;11-;;;;;/m00...../s1. The molecule has 12 nitrogen and oxygen atoms in total. The maximum absolute atomic E-state index is 12.2. The van der Waals surface area contributed by atoms with E-state index in [2.05, 4.69) is 89.8 Å². The number of aliphatic hydroxyl groups excluding tert-OH is 2. The zero-order valence-corrected chi connectivity index (χ0v) is 43.7. The van der Waals surface area contributed by atoms with Crippen LogP contribution in [0.25, 0.3) is 11.1 Å². The number of aryl methyl sites for hydroxylation is 2. The van der Waals surface area contributed by atoms with Crippen molar-refractivity contribution in [3.8, 4) is 22.6 Å². The van der Waals surface area contributed by atoms with Crippen molar-refractivity contribution in [2.75, 3.05) is 39.5 Å². The molecule has 2 aromatic carbocycles. The van der Waals surface area contributed by atoms with E-state index in [1.165, 1.54) is 18.3 Å². The first-order chi connectivity index (χ1) is 29.7. The molecule has 0 spiro atoms. The van der Waals surface area contributed by atoms with Gasteiger partial charge < -0.3 is 24.6 Å². The fourth-order valence-electron chi connectivity index (χ4n) is 6.46. The number of carbonyl (C=O) groups excluding carboxylic acids is 2. The molecule has 0 unspecified atom stereocenters. The van der Waals surface area contributed by atoms with Crippen molar-refractivity contribution < 1.29 is 38.7 Å². The number of benzene rings is 2. The summed E-state index contributed by atoms with van der Waals surface area (Å²) in [4.78, 5) is 43.4. The van der Waals surface area contributed by atoms with E-state index in [0.29, 0.717) is 25.5 Å². The number of rotatable bonds is 14. The normalized spacial score (nSPS) is 15.9. The van der Waals surface area contributed by atoms with Crippen LogP contribution >= 0.6 is 22.6 Å². The Labute approximate surface area is 393 Å². The summed E-state index contributed by atoms with van der Waals surface area (Å²) in [5.74, 6) is 1.48. The number of likely N-dealkylation sites (tertiary alicyclic amines) is 2. The Morgan fingerprint density at radius 1 is 0.683 bits per heavy atom. The Morgan fingerprint density at radius 2 is 1.17 bits per heavy atom. The van der Waals surface area contributed by atoms with Gasteiger partial charge in [0, 0.05) is 35.1 Å². The SMILES string of the molecule is CC(C)(C)OC(=O)N1CC[C@H]1COc1cnc[c]([Sn]([CH3])([CH3])[CH3])c1.CC(C)(C)OC(=O)N1CC[C@H]1COc1cncc(-c2cccc(CCCO)c2)c1.OCCCc1cccc(I)c1. The minimum Gasteiger partial charge on any atom is -0.490 e. The van der Waals surface area contributed by atoms with Crippen molar-refractivity contribution in [1.82, 2.24) is 19.8 Å². The summed E-state index contributed by atoms with van der Waals surface area (Å²) < 4.78 is 25.3. The summed E-state index contributed by atoms with van der Waals surface area (Å²) in [6.07, 6.45) is 12.0. The number of aliphatic hydroxyl groups is 2. The third kappa shape index (κ3) is 18.4. The smallest absolute Gasteiger partial charge is 0.410 e. The maximum atomic E-state index is 12.2. The van der Waals surface area contributed by atoms with Gasteiger partial charge >= 0.3 is 149 Å². The van der Waals surface area contributed by atoms with Crippen molar-refractivity contribution in [2.24, 2.45) is 0 Å². The molecule has 2 fully saturated rings. The van der Waals surface area contributed by atoms with E-state index in [4.69, 9.17) is 29.2 Å². The fraction of sp³-hybridized carbons (Fsp3) is 0.510. The van der Waals surface area contributed by atoms with Gasteiger partial charge in [0.1, 0.15) is 18.0 Å². The Morgan fingerprint density at radius 3 is 1.63 bits per heavy atom. The Hall–Kier alpha value is -3.67. The van der Waals surface area contributed by atoms with Gasteiger partial charge in [0.15, 0.2) is 0 Å². The second-order valence-corrected chi connectivity index (χ2v) is 34.6. The van der Waals surface area contributed by atoms with Crippen LogP contribution in [0.4, 0.5) is 9.59 Å². The second-order valence-electron chi connectivity index (χ2n) is 18.9. The molecule has 0 bridgehead atoms. The van der Waals surface area contributed by atoms with Gasteiger partial charge in [-0.05, 0) is 110 Å². The predicted octanol–water partition coefficient (Wildman–Crippen LogP) is 9.29. The number of aromatic nitrogens is 2. The summed E-state index contributed by atoms with van der Waals surface area (Å²) in [6, 6.07) is 20.8. The monoisotopic (exact) mass is 1090 g/mol. The molecule has 2 N–H and O–H groups in total. The van der Waals surface area contributed by atoms with Crippen molar-refractivity contribution in [2.45, 2.75) is 118 Å². The molecule has 344 valence electrons. The largest absolute Gasteiger partial charge is 0.490 e. The zero-order valence-electron chi connectivity index (χ0n) is 38.7. The van der Waals surface area contributed by atoms with Crippen LogP contribution in [-0.2, 0) is 22.3 Å². The number of nitrogens with zero attached hydrogens (tertiary/aromatic N) is 4. The first-order valence-corrected chi connectivity index (χ1v) is 33.0. The van der Waals surface area contributed by atoms with Crippen molar-refractivity contribution in [3.63, 3.8) is 0 Å². The molecule has 0 saturated carbocycles. The van der Waals surface area contributed by atoms with Crippen LogP contribution < -0.4 is 13.1 Å². The molecule has 14 heteroatoms. The molecule has 6 rings (SSSR count). The van der Waals surface area contributed by atoms with Gasteiger partial charge in [-0.1, -0.05) is 36.4 Å². The molecule has 2 aliphatic heterocycles. The molecular weight excluding hydrogens is 1020 g/mol. The number of ether oxygens (including phenoxy) is 4. The summed E-state index contributed by atoms with van der Waals surface area (Å²) in [5, 5.41) is 17.6. The number of carbonyl (C=O) groups is 2. The quantitative estimate of drug-likeness (QED) is 0.0927. The molecule has 0 radical (unpaired) electrons. The molecule has 2 saturated heterocycles. The van der Waals surface area contributed by atoms with Gasteiger partial charge in [0.05, 0.1) is 12.2 Å². The number of hydrogen-bond donors (Lipinski definition) is 2. The van der Waals surface area contributed by atoms with Gasteiger partial charge in [0.2, 0.25) is 0 Å². The van der Waals surface area contributed by atoms with E-state index in [0.717, 1.165) is 61.9 Å². The molecule has 2 aromatic heterocycles. The maximum Gasteiger partial charge on any atom is 0.410 e. The van der Waals surface area contributed by atoms with E-state index < -0.39 is 29.6 Å². The fourth-order valence-corrected chi connectivity index (χ4v) is 10.0. The van der Waals surface area contributed by atoms with Gasteiger partial charge in [-0.25, -0.2) is 4.79 Å². The molecule has 4 aromatic rings. The van der Waals surface area contributed by atoms with Crippen LogP contribution in [0.5, 0.6) is 11.5 Å². The number of pyridine rings is 2. The van der Waals surface area contributed by atoms with E-state index in [-0.39, 0.29) is 37.5 Å². The van der Waals surface area contributed by atoms with Crippen molar-refractivity contribution >= 4 is 56.7 Å². The summed E-state index contributed by atoms with van der Waals surface area (Å²) in [5.41, 5.74) is 3.58. The number of amides is 2. The van der Waals surface area contributed by atoms with Crippen LogP contribution in [0, 0.1) is 3.57 Å². The van der Waals surface area contributed by atoms with E-state index in [1.54, 1.807) is 22.2 Å². The average molecular weight is 1090 g/mol. The summed E-state index contributed by atoms with van der Waals surface area (Å²) >= 11 is 0.160. The zero-order chi connectivity index (χ0) is 46.2. The van der Waals surface area contributed by atoms with Gasteiger partial charge in [0.25, 0.3) is 0 Å². The Kier molecular flexibility index (Phi) is 20.3.